The van der Waals surface area contributed by atoms with Gasteiger partial charge in [0.15, 0.2) is 0 Å². The maximum Gasteiger partial charge on any atom is 0.311 e. The lowest BCUT2D eigenvalue weighted by atomic mass is 9.72. The van der Waals surface area contributed by atoms with Crippen LogP contribution in [0.15, 0.2) is 30.3 Å². The van der Waals surface area contributed by atoms with Gasteiger partial charge in [0.05, 0.1) is 16.9 Å². The fourth-order valence-electron chi connectivity index (χ4n) is 2.68. The molecule has 0 aliphatic carbocycles. The van der Waals surface area contributed by atoms with Gasteiger partial charge in [0, 0.05) is 0 Å². The van der Waals surface area contributed by atoms with Gasteiger partial charge >= 0.3 is 11.9 Å². The number of rotatable bonds is 9. The van der Waals surface area contributed by atoms with Crippen molar-refractivity contribution in [2.24, 2.45) is 10.8 Å². The molecular formula is C20H30O5. The van der Waals surface area contributed by atoms with Crippen LogP contribution in [0.25, 0.3) is 0 Å². The molecule has 1 rings (SSSR count). The highest BCUT2D eigenvalue weighted by atomic mass is 16.5. The Kier molecular flexibility index (Phi) is 7.61. The van der Waals surface area contributed by atoms with E-state index in [-0.39, 0.29) is 19.2 Å². The quantitative estimate of drug-likeness (QED) is 0.690. The second kappa shape index (κ2) is 8.99. The van der Waals surface area contributed by atoms with Gasteiger partial charge in [0.1, 0.15) is 13.2 Å². The summed E-state index contributed by atoms with van der Waals surface area (Å²) in [4.78, 5) is 24.9. The first kappa shape index (κ1) is 21.2. The molecule has 140 valence electrons. The Balaban J connectivity index is 2.71. The van der Waals surface area contributed by atoms with Crippen molar-refractivity contribution in [3.05, 3.63) is 35.9 Å². The SMILES string of the molecule is CCC(C)(CC(C)(C)C(=O)OCc1ccccc1)C(=O)OCC(C)O. The number of aliphatic hydroxyl groups excluding tert-OH is 1. The van der Waals surface area contributed by atoms with E-state index in [1.54, 1.807) is 27.7 Å². The molecule has 0 saturated carbocycles. The lowest BCUT2D eigenvalue weighted by Crippen LogP contribution is -2.39. The van der Waals surface area contributed by atoms with Gasteiger partial charge < -0.3 is 14.6 Å². The van der Waals surface area contributed by atoms with Gasteiger partial charge in [-0.3, -0.25) is 9.59 Å². The number of ether oxygens (including phenoxy) is 2. The average molecular weight is 350 g/mol. The zero-order valence-corrected chi connectivity index (χ0v) is 15.9. The van der Waals surface area contributed by atoms with Crippen LogP contribution in [0.1, 0.15) is 53.0 Å². The first-order valence-corrected chi connectivity index (χ1v) is 8.67. The number of aliphatic hydroxyl groups is 1. The van der Waals surface area contributed by atoms with Crippen molar-refractivity contribution < 1.29 is 24.2 Å². The molecule has 0 saturated heterocycles. The van der Waals surface area contributed by atoms with Crippen molar-refractivity contribution in [1.29, 1.82) is 0 Å². The van der Waals surface area contributed by atoms with Gasteiger partial charge in [-0.05, 0) is 46.1 Å². The normalized spacial score (nSPS) is 15.1. The van der Waals surface area contributed by atoms with Gasteiger partial charge in [-0.15, -0.1) is 0 Å². The molecule has 25 heavy (non-hydrogen) atoms. The van der Waals surface area contributed by atoms with Crippen molar-refractivity contribution in [2.45, 2.75) is 60.2 Å². The second-order valence-electron chi connectivity index (χ2n) is 7.48. The predicted octanol–water partition coefficient (Wildman–Crippen LogP) is 3.49. The minimum absolute atomic E-state index is 0.0483. The van der Waals surface area contributed by atoms with E-state index in [0.717, 1.165) is 5.56 Å². The summed E-state index contributed by atoms with van der Waals surface area (Å²) in [6.07, 6.45) is 0.123. The molecule has 1 aromatic rings. The summed E-state index contributed by atoms with van der Waals surface area (Å²) in [6, 6.07) is 9.47. The average Bonchev–Trinajstić information content (AvgIpc) is 2.57. The Morgan fingerprint density at radius 3 is 2.20 bits per heavy atom. The van der Waals surface area contributed by atoms with Gasteiger partial charge in [-0.1, -0.05) is 37.3 Å². The highest BCUT2D eigenvalue weighted by Crippen LogP contribution is 2.38. The Bertz CT molecular complexity index is 565. The zero-order valence-electron chi connectivity index (χ0n) is 15.9. The molecule has 2 atom stereocenters. The molecule has 0 bridgehead atoms. The van der Waals surface area contributed by atoms with Crippen LogP contribution in [-0.4, -0.2) is 29.8 Å². The van der Waals surface area contributed by atoms with E-state index in [9.17, 15) is 14.7 Å². The number of esters is 2. The molecule has 0 aromatic heterocycles. The van der Waals surface area contributed by atoms with Crippen LogP contribution in [-0.2, 0) is 25.7 Å². The van der Waals surface area contributed by atoms with Crippen LogP contribution in [0, 0.1) is 10.8 Å². The van der Waals surface area contributed by atoms with Gasteiger partial charge in [0.2, 0.25) is 0 Å². The van der Waals surface area contributed by atoms with Crippen LogP contribution in [0.4, 0.5) is 0 Å². The molecule has 1 aromatic carbocycles. The Hall–Kier alpha value is -1.88. The molecule has 1 N–H and O–H groups in total. The number of carbonyl (C=O) groups is 2. The van der Waals surface area contributed by atoms with Crippen molar-refractivity contribution in [1.82, 2.24) is 0 Å². The van der Waals surface area contributed by atoms with Crippen molar-refractivity contribution >= 4 is 11.9 Å². The van der Waals surface area contributed by atoms with Gasteiger partial charge in [-0.25, -0.2) is 0 Å². The fraction of sp³-hybridized carbons (Fsp3) is 0.600. The van der Waals surface area contributed by atoms with E-state index in [1.165, 1.54) is 0 Å². The predicted molar refractivity (Wildman–Crippen MR) is 95.7 cm³/mol. The van der Waals surface area contributed by atoms with Crippen LogP contribution >= 0.6 is 0 Å². The maximum absolute atomic E-state index is 12.5. The summed E-state index contributed by atoms with van der Waals surface area (Å²) < 4.78 is 10.6. The van der Waals surface area contributed by atoms with Crippen LogP contribution in [0.5, 0.6) is 0 Å². The summed E-state index contributed by atoms with van der Waals surface area (Å²) in [5, 5.41) is 9.29. The summed E-state index contributed by atoms with van der Waals surface area (Å²) in [5.41, 5.74) is -0.727. The van der Waals surface area contributed by atoms with Crippen LogP contribution in [0.2, 0.25) is 0 Å². The van der Waals surface area contributed by atoms with Crippen molar-refractivity contribution in [3.63, 3.8) is 0 Å². The molecule has 0 spiro atoms. The Labute approximate surface area is 150 Å². The third kappa shape index (κ3) is 6.50. The molecule has 0 fully saturated rings. The first-order chi connectivity index (χ1) is 11.6. The highest BCUT2D eigenvalue weighted by molar-refractivity contribution is 5.80. The highest BCUT2D eigenvalue weighted by Gasteiger charge is 2.43. The Morgan fingerprint density at radius 1 is 1.08 bits per heavy atom. The summed E-state index contributed by atoms with van der Waals surface area (Å²) in [6.45, 7) is 8.93. The summed E-state index contributed by atoms with van der Waals surface area (Å²) in [5.74, 6) is -0.751. The summed E-state index contributed by atoms with van der Waals surface area (Å²) >= 11 is 0. The minimum Gasteiger partial charge on any atom is -0.463 e. The lowest BCUT2D eigenvalue weighted by molar-refractivity contribution is -0.165. The smallest absolute Gasteiger partial charge is 0.311 e. The fourth-order valence-corrected chi connectivity index (χ4v) is 2.68. The maximum atomic E-state index is 12.5. The minimum atomic E-state index is -0.830. The van der Waals surface area contributed by atoms with Crippen LogP contribution in [0.3, 0.4) is 0 Å². The number of carbonyl (C=O) groups excluding carboxylic acids is 2. The molecule has 5 nitrogen and oxygen atoms in total. The molecule has 0 heterocycles. The van der Waals surface area contributed by atoms with E-state index in [1.807, 2.05) is 37.3 Å². The van der Waals surface area contributed by atoms with E-state index < -0.39 is 22.9 Å². The molecule has 2 unspecified atom stereocenters. The molecule has 0 radical (unpaired) electrons. The molecule has 0 aliphatic heterocycles. The van der Waals surface area contributed by atoms with Crippen LogP contribution < -0.4 is 0 Å². The Morgan fingerprint density at radius 2 is 1.68 bits per heavy atom. The van der Waals surface area contributed by atoms with Gasteiger partial charge in [0.25, 0.3) is 0 Å². The second-order valence-corrected chi connectivity index (χ2v) is 7.48. The van der Waals surface area contributed by atoms with E-state index in [0.29, 0.717) is 12.8 Å². The molecular weight excluding hydrogens is 320 g/mol. The van der Waals surface area contributed by atoms with E-state index in [2.05, 4.69) is 0 Å². The zero-order chi connectivity index (χ0) is 19.1. The number of hydrogen-bond donors (Lipinski definition) is 1. The van der Waals surface area contributed by atoms with Gasteiger partial charge in [-0.2, -0.15) is 0 Å². The third-order valence-electron chi connectivity index (χ3n) is 4.33. The largest absolute Gasteiger partial charge is 0.463 e. The number of hydrogen-bond acceptors (Lipinski definition) is 5. The first-order valence-electron chi connectivity index (χ1n) is 8.67. The van der Waals surface area contributed by atoms with E-state index in [4.69, 9.17) is 9.47 Å². The monoisotopic (exact) mass is 350 g/mol. The standard InChI is InChI=1S/C20H30O5/c1-6-20(5,18(23)24-12-15(2)21)14-19(3,4)17(22)25-13-16-10-8-7-9-11-16/h7-11,15,21H,6,12-14H2,1-5H3. The molecule has 5 heteroatoms. The topological polar surface area (TPSA) is 72.8 Å². The third-order valence-corrected chi connectivity index (χ3v) is 4.33. The van der Waals surface area contributed by atoms with Crippen molar-refractivity contribution in [3.8, 4) is 0 Å². The molecule has 0 amide bonds. The lowest BCUT2D eigenvalue weighted by Gasteiger charge is -2.33. The van der Waals surface area contributed by atoms with Crippen molar-refractivity contribution in [2.75, 3.05) is 6.61 Å². The van der Waals surface area contributed by atoms with E-state index >= 15 is 0 Å². The number of benzene rings is 1. The summed E-state index contributed by atoms with van der Waals surface area (Å²) in [7, 11) is 0. The molecule has 0 aliphatic rings.